The van der Waals surface area contributed by atoms with Crippen molar-refractivity contribution in [3.8, 4) is 0 Å². The fourth-order valence-electron chi connectivity index (χ4n) is 0.919. The van der Waals surface area contributed by atoms with Crippen LogP contribution in [-0.4, -0.2) is 17.4 Å². The molecule has 4 heteroatoms. The molecule has 0 aliphatic rings. The average molecular weight is 246 g/mol. The van der Waals surface area contributed by atoms with Crippen LogP contribution in [0.1, 0.15) is 23.3 Å². The Bertz CT molecular complexity index is 303. The Balaban J connectivity index is 2.66. The molecule has 0 spiro atoms. The van der Waals surface area contributed by atoms with E-state index in [4.69, 9.17) is 0 Å². The zero-order chi connectivity index (χ0) is 9.68. The molecule has 1 aromatic heterocycles. The minimum atomic E-state index is -0.459. The normalized spacial score (nSPS) is 10.0. The van der Waals surface area contributed by atoms with E-state index in [1.54, 1.807) is 18.2 Å². The van der Waals surface area contributed by atoms with Gasteiger partial charge in [0.1, 0.15) is 10.3 Å². The first-order chi connectivity index (χ1) is 6.24. The highest BCUT2D eigenvalue weighted by Gasteiger charge is 2.06. The molecule has 2 nitrogen and oxygen atoms in total. The summed E-state index contributed by atoms with van der Waals surface area (Å²) in [5, 5.41) is 0. The van der Waals surface area contributed by atoms with Gasteiger partial charge in [-0.15, -0.1) is 0 Å². The summed E-state index contributed by atoms with van der Waals surface area (Å²) in [5.41, 5.74) is 0.392. The number of pyridine rings is 1. The first-order valence-corrected chi connectivity index (χ1v) is 4.75. The first-order valence-electron chi connectivity index (χ1n) is 3.96. The second kappa shape index (κ2) is 5.07. The molecule has 1 rings (SSSR count). The van der Waals surface area contributed by atoms with Crippen molar-refractivity contribution in [3.05, 3.63) is 28.5 Å². The number of nitrogens with zero attached hydrogens (tertiary/aromatic N) is 1. The minimum Gasteiger partial charge on any atom is -0.292 e. The number of carbonyl (C=O) groups is 1. The van der Waals surface area contributed by atoms with E-state index in [-0.39, 0.29) is 18.6 Å². The minimum absolute atomic E-state index is 0.112. The van der Waals surface area contributed by atoms with Gasteiger partial charge in [0.05, 0.1) is 6.67 Å². The molecule has 1 aromatic rings. The quantitative estimate of drug-likeness (QED) is 0.604. The lowest BCUT2D eigenvalue weighted by Gasteiger charge is -1.98. The van der Waals surface area contributed by atoms with E-state index in [1.807, 2.05) is 0 Å². The second-order valence-corrected chi connectivity index (χ2v) is 3.37. The average Bonchev–Trinajstić information content (AvgIpc) is 2.14. The number of Topliss-reactive ketones (excluding diaryl/α,β-unsaturated/α-hetero) is 1. The molecular formula is C9H9BrFNO. The summed E-state index contributed by atoms with van der Waals surface area (Å²) in [7, 11) is 0. The number of carbonyl (C=O) groups excluding carboxylic acids is 1. The number of hydrogen-bond acceptors (Lipinski definition) is 2. The highest BCUT2D eigenvalue weighted by atomic mass is 79.9. The number of hydrogen-bond donors (Lipinski definition) is 0. The fourth-order valence-corrected chi connectivity index (χ4v) is 1.26. The van der Waals surface area contributed by atoms with Crippen LogP contribution < -0.4 is 0 Å². The largest absolute Gasteiger partial charge is 0.292 e. The van der Waals surface area contributed by atoms with Gasteiger partial charge in [-0.25, -0.2) is 4.98 Å². The van der Waals surface area contributed by atoms with E-state index in [9.17, 15) is 9.18 Å². The molecule has 0 saturated carbocycles. The van der Waals surface area contributed by atoms with E-state index in [1.165, 1.54) is 0 Å². The number of ketones is 1. The van der Waals surface area contributed by atoms with Crippen LogP contribution in [0.15, 0.2) is 22.8 Å². The highest BCUT2D eigenvalue weighted by molar-refractivity contribution is 9.10. The van der Waals surface area contributed by atoms with Crippen molar-refractivity contribution < 1.29 is 9.18 Å². The Morgan fingerprint density at radius 2 is 2.31 bits per heavy atom. The SMILES string of the molecule is O=C(CCCF)c1cccc(Br)n1. The zero-order valence-corrected chi connectivity index (χ0v) is 8.55. The molecule has 0 aromatic carbocycles. The van der Waals surface area contributed by atoms with Gasteiger partial charge in [0, 0.05) is 6.42 Å². The highest BCUT2D eigenvalue weighted by Crippen LogP contribution is 2.08. The van der Waals surface area contributed by atoms with Crippen LogP contribution in [0, 0.1) is 0 Å². The van der Waals surface area contributed by atoms with Crippen LogP contribution in [0.5, 0.6) is 0 Å². The van der Waals surface area contributed by atoms with E-state index >= 15 is 0 Å². The molecule has 0 fully saturated rings. The second-order valence-electron chi connectivity index (χ2n) is 2.56. The molecule has 0 aliphatic carbocycles. The summed E-state index contributed by atoms with van der Waals surface area (Å²) in [5.74, 6) is -0.112. The molecule has 13 heavy (non-hydrogen) atoms. The van der Waals surface area contributed by atoms with Gasteiger partial charge in [0.15, 0.2) is 5.78 Å². The number of halogens is 2. The lowest BCUT2D eigenvalue weighted by atomic mass is 10.1. The van der Waals surface area contributed by atoms with Crippen molar-refractivity contribution in [3.63, 3.8) is 0 Å². The lowest BCUT2D eigenvalue weighted by Crippen LogP contribution is -2.02. The smallest absolute Gasteiger partial charge is 0.181 e. The van der Waals surface area contributed by atoms with Gasteiger partial charge in [0.25, 0.3) is 0 Å². The topological polar surface area (TPSA) is 30.0 Å². The van der Waals surface area contributed by atoms with Gasteiger partial charge in [-0.3, -0.25) is 9.18 Å². The third kappa shape index (κ3) is 3.22. The molecule has 0 radical (unpaired) electrons. The van der Waals surface area contributed by atoms with Crippen LogP contribution in [-0.2, 0) is 0 Å². The summed E-state index contributed by atoms with van der Waals surface area (Å²) >= 11 is 3.16. The molecule has 0 saturated heterocycles. The molecule has 70 valence electrons. The van der Waals surface area contributed by atoms with Crippen molar-refractivity contribution >= 4 is 21.7 Å². The Morgan fingerprint density at radius 3 is 2.92 bits per heavy atom. The van der Waals surface area contributed by atoms with Crippen LogP contribution in [0.2, 0.25) is 0 Å². The third-order valence-corrected chi connectivity index (χ3v) is 1.98. The maximum Gasteiger partial charge on any atom is 0.181 e. The molecule has 0 N–H and O–H groups in total. The summed E-state index contributed by atoms with van der Waals surface area (Å²) in [6, 6.07) is 5.11. The van der Waals surface area contributed by atoms with Crippen molar-refractivity contribution in [2.45, 2.75) is 12.8 Å². The van der Waals surface area contributed by atoms with Gasteiger partial charge in [-0.05, 0) is 34.5 Å². The van der Waals surface area contributed by atoms with Crippen molar-refractivity contribution in [1.29, 1.82) is 0 Å². The van der Waals surface area contributed by atoms with Gasteiger partial charge < -0.3 is 0 Å². The summed E-state index contributed by atoms with van der Waals surface area (Å²) in [6.07, 6.45) is 0.493. The first kappa shape index (κ1) is 10.3. The van der Waals surface area contributed by atoms with Crippen molar-refractivity contribution in [1.82, 2.24) is 4.98 Å². The maximum atomic E-state index is 11.8. The van der Waals surface area contributed by atoms with Gasteiger partial charge >= 0.3 is 0 Å². The van der Waals surface area contributed by atoms with Gasteiger partial charge in [0.2, 0.25) is 0 Å². The maximum absolute atomic E-state index is 11.8. The van der Waals surface area contributed by atoms with E-state index in [2.05, 4.69) is 20.9 Å². The lowest BCUT2D eigenvalue weighted by molar-refractivity contribution is 0.0972. The van der Waals surface area contributed by atoms with Crippen LogP contribution >= 0.6 is 15.9 Å². The Kier molecular flexibility index (Phi) is 4.02. The summed E-state index contributed by atoms with van der Waals surface area (Å²) in [4.78, 5) is 15.3. The van der Waals surface area contributed by atoms with E-state index < -0.39 is 6.67 Å². The van der Waals surface area contributed by atoms with Crippen LogP contribution in [0.25, 0.3) is 0 Å². The molecule has 0 amide bonds. The molecular weight excluding hydrogens is 237 g/mol. The summed E-state index contributed by atoms with van der Waals surface area (Å²) in [6.45, 7) is -0.459. The molecule has 1 heterocycles. The standard InChI is InChI=1S/C9H9BrFNO/c10-9-5-1-3-7(12-9)8(13)4-2-6-11/h1,3,5H,2,4,6H2. The zero-order valence-electron chi connectivity index (χ0n) is 6.96. The van der Waals surface area contributed by atoms with Crippen molar-refractivity contribution in [2.24, 2.45) is 0 Å². The Labute approximate surface area is 84.3 Å². The molecule has 0 atom stereocenters. The molecule has 0 unspecified atom stereocenters. The molecule has 0 bridgehead atoms. The summed E-state index contributed by atoms with van der Waals surface area (Å²) < 4.78 is 12.4. The van der Waals surface area contributed by atoms with Gasteiger partial charge in [-0.1, -0.05) is 6.07 Å². The number of rotatable bonds is 4. The van der Waals surface area contributed by atoms with Crippen LogP contribution in [0.4, 0.5) is 4.39 Å². The number of aromatic nitrogens is 1. The third-order valence-electron chi connectivity index (χ3n) is 1.54. The predicted molar refractivity (Wildman–Crippen MR) is 51.5 cm³/mol. The molecule has 0 aliphatic heterocycles. The van der Waals surface area contributed by atoms with Gasteiger partial charge in [-0.2, -0.15) is 0 Å². The van der Waals surface area contributed by atoms with E-state index in [0.29, 0.717) is 10.3 Å². The van der Waals surface area contributed by atoms with Crippen molar-refractivity contribution in [2.75, 3.05) is 6.67 Å². The fraction of sp³-hybridized carbons (Fsp3) is 0.333. The monoisotopic (exact) mass is 245 g/mol. The number of alkyl halides is 1. The Morgan fingerprint density at radius 1 is 1.54 bits per heavy atom. The van der Waals surface area contributed by atoms with E-state index in [0.717, 1.165) is 0 Å². The predicted octanol–water partition coefficient (Wildman–Crippen LogP) is 2.78. The van der Waals surface area contributed by atoms with Crippen LogP contribution in [0.3, 0.4) is 0 Å². The Hall–Kier alpha value is -0.770.